The van der Waals surface area contributed by atoms with Gasteiger partial charge in [-0.2, -0.15) is 11.8 Å². The van der Waals surface area contributed by atoms with Crippen LogP contribution in [0.2, 0.25) is 0 Å². The fourth-order valence-corrected chi connectivity index (χ4v) is 3.09. The van der Waals surface area contributed by atoms with Crippen LogP contribution < -0.4 is 0 Å². The third-order valence-corrected chi connectivity index (χ3v) is 4.04. The third kappa shape index (κ3) is 4.98. The summed E-state index contributed by atoms with van der Waals surface area (Å²) in [5.74, 6) is 0.996. The summed E-state index contributed by atoms with van der Waals surface area (Å²) in [5, 5.41) is 8.83. The molecule has 0 spiro atoms. The molecule has 4 nitrogen and oxygen atoms in total. The van der Waals surface area contributed by atoms with E-state index in [1.807, 2.05) is 0 Å². The van der Waals surface area contributed by atoms with Crippen LogP contribution in [0.4, 0.5) is 0 Å². The Bertz CT molecular complexity index is 270. The maximum atomic E-state index is 12.0. The van der Waals surface area contributed by atoms with Crippen LogP contribution in [-0.2, 0) is 9.59 Å². The normalized spacial score (nSPS) is 20.3. The molecular formula is C12H21NO3S. The van der Waals surface area contributed by atoms with Gasteiger partial charge in [-0.05, 0) is 6.42 Å². The van der Waals surface area contributed by atoms with Crippen LogP contribution in [0, 0.1) is 0 Å². The van der Waals surface area contributed by atoms with Gasteiger partial charge in [-0.1, -0.05) is 19.8 Å². The molecule has 1 aliphatic heterocycles. The van der Waals surface area contributed by atoms with Gasteiger partial charge in [-0.3, -0.25) is 9.59 Å². The van der Waals surface area contributed by atoms with Crippen molar-refractivity contribution in [1.29, 1.82) is 0 Å². The first-order chi connectivity index (χ1) is 8.15. The molecule has 1 aliphatic rings. The number of hydrogen-bond donors (Lipinski definition) is 1. The molecule has 17 heavy (non-hydrogen) atoms. The summed E-state index contributed by atoms with van der Waals surface area (Å²) >= 11 is 1.74. The standard InChI is InChI=1S/C12H21NO3S/c1-2-3-4-5-11(14)13-6-7-17-9-10(13)8-12(15)16/h10H,2-9H2,1H3,(H,15,16). The first-order valence-electron chi connectivity index (χ1n) is 6.24. The van der Waals surface area contributed by atoms with Gasteiger partial charge in [0.1, 0.15) is 0 Å². The molecule has 0 saturated carbocycles. The Kier molecular flexibility index (Phi) is 6.40. The lowest BCUT2D eigenvalue weighted by molar-refractivity contribution is -0.140. The number of carboxylic acids is 1. The minimum absolute atomic E-state index is 0.0759. The second kappa shape index (κ2) is 7.58. The van der Waals surface area contributed by atoms with Gasteiger partial charge < -0.3 is 10.0 Å². The van der Waals surface area contributed by atoms with Gasteiger partial charge in [-0.15, -0.1) is 0 Å². The zero-order chi connectivity index (χ0) is 12.7. The average Bonchev–Trinajstić information content (AvgIpc) is 2.29. The minimum atomic E-state index is -0.816. The number of carbonyl (C=O) groups is 2. The van der Waals surface area contributed by atoms with Crippen molar-refractivity contribution in [3.8, 4) is 0 Å². The van der Waals surface area contributed by atoms with E-state index in [2.05, 4.69) is 6.92 Å². The Hall–Kier alpha value is -0.710. The summed E-state index contributed by atoms with van der Waals surface area (Å²) in [4.78, 5) is 24.5. The summed E-state index contributed by atoms with van der Waals surface area (Å²) in [5.41, 5.74) is 0. The van der Waals surface area contributed by atoms with E-state index in [9.17, 15) is 9.59 Å². The van der Waals surface area contributed by atoms with Gasteiger partial charge in [0.25, 0.3) is 0 Å². The van der Waals surface area contributed by atoms with Crippen LogP contribution in [0.5, 0.6) is 0 Å². The molecule has 0 radical (unpaired) electrons. The average molecular weight is 259 g/mol. The van der Waals surface area contributed by atoms with E-state index in [1.165, 1.54) is 0 Å². The molecule has 98 valence electrons. The minimum Gasteiger partial charge on any atom is -0.481 e. The number of carboxylic acid groups (broad SMARTS) is 1. The molecule has 5 heteroatoms. The first kappa shape index (κ1) is 14.4. The highest BCUT2D eigenvalue weighted by molar-refractivity contribution is 7.99. The third-order valence-electron chi connectivity index (χ3n) is 2.95. The quantitative estimate of drug-likeness (QED) is 0.741. The predicted octanol–water partition coefficient (Wildman–Crippen LogP) is 1.99. The van der Waals surface area contributed by atoms with E-state index >= 15 is 0 Å². The smallest absolute Gasteiger partial charge is 0.305 e. The van der Waals surface area contributed by atoms with E-state index in [0.29, 0.717) is 13.0 Å². The lowest BCUT2D eigenvalue weighted by atomic mass is 10.1. The van der Waals surface area contributed by atoms with Gasteiger partial charge in [-0.25, -0.2) is 0 Å². The van der Waals surface area contributed by atoms with Crippen LogP contribution in [0.15, 0.2) is 0 Å². The van der Waals surface area contributed by atoms with Crippen molar-refractivity contribution in [2.45, 2.75) is 45.1 Å². The monoisotopic (exact) mass is 259 g/mol. The first-order valence-corrected chi connectivity index (χ1v) is 7.39. The van der Waals surface area contributed by atoms with Crippen LogP contribution in [0.3, 0.4) is 0 Å². The number of unbranched alkanes of at least 4 members (excludes halogenated alkanes) is 2. The van der Waals surface area contributed by atoms with Crippen LogP contribution in [0.25, 0.3) is 0 Å². The van der Waals surface area contributed by atoms with Crippen molar-refractivity contribution in [2.75, 3.05) is 18.1 Å². The molecule has 1 fully saturated rings. The summed E-state index contributed by atoms with van der Waals surface area (Å²) in [6, 6.07) is -0.111. The van der Waals surface area contributed by atoms with E-state index < -0.39 is 5.97 Å². The molecule has 1 rings (SSSR count). The number of nitrogens with zero attached hydrogens (tertiary/aromatic N) is 1. The Morgan fingerprint density at radius 2 is 2.18 bits per heavy atom. The predicted molar refractivity (Wildman–Crippen MR) is 69.2 cm³/mol. The number of carbonyl (C=O) groups excluding carboxylic acids is 1. The maximum absolute atomic E-state index is 12.0. The summed E-state index contributed by atoms with van der Waals surface area (Å²) < 4.78 is 0. The van der Waals surface area contributed by atoms with E-state index in [0.717, 1.165) is 30.8 Å². The van der Waals surface area contributed by atoms with Gasteiger partial charge in [0, 0.05) is 24.5 Å². The molecule has 0 aromatic carbocycles. The summed E-state index contributed by atoms with van der Waals surface area (Å²) in [6.07, 6.45) is 3.72. The van der Waals surface area contributed by atoms with Crippen LogP contribution >= 0.6 is 11.8 Å². The molecule has 1 amide bonds. The molecule has 1 N–H and O–H groups in total. The fourth-order valence-electron chi connectivity index (χ4n) is 2.02. The molecule has 1 atom stereocenters. The summed E-state index contributed by atoms with van der Waals surface area (Å²) in [7, 11) is 0. The Balaban J connectivity index is 2.45. The van der Waals surface area contributed by atoms with Crippen molar-refractivity contribution in [2.24, 2.45) is 0 Å². The lowest BCUT2D eigenvalue weighted by Gasteiger charge is -2.34. The molecule has 0 bridgehead atoms. The van der Waals surface area contributed by atoms with Crippen molar-refractivity contribution in [3.63, 3.8) is 0 Å². The molecule has 0 aliphatic carbocycles. The Morgan fingerprint density at radius 1 is 1.41 bits per heavy atom. The van der Waals surface area contributed by atoms with Gasteiger partial charge in [0.15, 0.2) is 0 Å². The Labute approximate surface area is 107 Å². The zero-order valence-electron chi connectivity index (χ0n) is 10.4. The highest BCUT2D eigenvalue weighted by atomic mass is 32.2. The lowest BCUT2D eigenvalue weighted by Crippen LogP contribution is -2.47. The summed E-state index contributed by atoms with van der Waals surface area (Å²) in [6.45, 7) is 2.81. The topological polar surface area (TPSA) is 57.6 Å². The molecule has 1 heterocycles. The molecular weight excluding hydrogens is 238 g/mol. The number of thioether (sulfide) groups is 1. The number of rotatable bonds is 6. The highest BCUT2D eigenvalue weighted by Gasteiger charge is 2.28. The largest absolute Gasteiger partial charge is 0.481 e. The zero-order valence-corrected chi connectivity index (χ0v) is 11.2. The van der Waals surface area contributed by atoms with E-state index in [-0.39, 0.29) is 18.4 Å². The fraction of sp³-hybridized carbons (Fsp3) is 0.833. The number of hydrogen-bond acceptors (Lipinski definition) is 3. The number of amides is 1. The van der Waals surface area contributed by atoms with Gasteiger partial charge in [0.05, 0.1) is 12.5 Å². The molecule has 1 saturated heterocycles. The second-order valence-electron chi connectivity index (χ2n) is 4.37. The maximum Gasteiger partial charge on any atom is 0.305 e. The van der Waals surface area contributed by atoms with E-state index in [4.69, 9.17) is 5.11 Å². The van der Waals surface area contributed by atoms with Gasteiger partial charge >= 0.3 is 5.97 Å². The van der Waals surface area contributed by atoms with Crippen LogP contribution in [-0.4, -0.2) is 46.0 Å². The molecule has 0 aromatic rings. The van der Waals surface area contributed by atoms with E-state index in [1.54, 1.807) is 16.7 Å². The van der Waals surface area contributed by atoms with Crippen molar-refractivity contribution < 1.29 is 14.7 Å². The number of aliphatic carboxylic acids is 1. The van der Waals surface area contributed by atoms with Crippen molar-refractivity contribution in [1.82, 2.24) is 4.90 Å². The Morgan fingerprint density at radius 3 is 2.82 bits per heavy atom. The van der Waals surface area contributed by atoms with Crippen LogP contribution in [0.1, 0.15) is 39.0 Å². The van der Waals surface area contributed by atoms with Crippen molar-refractivity contribution >= 4 is 23.6 Å². The van der Waals surface area contributed by atoms with Gasteiger partial charge in [0.2, 0.25) is 5.91 Å². The SMILES string of the molecule is CCCCCC(=O)N1CCSCC1CC(=O)O. The van der Waals surface area contributed by atoms with Crippen molar-refractivity contribution in [3.05, 3.63) is 0 Å². The molecule has 1 unspecified atom stereocenters. The molecule has 0 aromatic heterocycles. The second-order valence-corrected chi connectivity index (χ2v) is 5.52. The highest BCUT2D eigenvalue weighted by Crippen LogP contribution is 2.20.